The molecule has 2 aliphatic heterocycles. The van der Waals surface area contributed by atoms with Crippen LogP contribution in [0.3, 0.4) is 0 Å². The summed E-state index contributed by atoms with van der Waals surface area (Å²) in [6.45, 7) is 7.31. The van der Waals surface area contributed by atoms with Crippen molar-refractivity contribution in [3.05, 3.63) is 70.4 Å². The third-order valence-electron chi connectivity index (χ3n) is 9.91. The molecular formula is C38H40ClF2N5O5S. The number of aliphatic carboxylic acids is 1. The summed E-state index contributed by atoms with van der Waals surface area (Å²) in [5.74, 6) is -1.12. The Hall–Kier alpha value is -4.17. The van der Waals surface area contributed by atoms with Gasteiger partial charge in [-0.3, -0.25) is 4.90 Å². The number of fused-ring (bicyclic) bond motifs is 2. The smallest absolute Gasteiger partial charge is 0.409 e. The second kappa shape index (κ2) is 14.0. The Morgan fingerprint density at radius 3 is 2.33 bits per heavy atom. The van der Waals surface area contributed by atoms with Crippen molar-refractivity contribution in [3.63, 3.8) is 0 Å². The zero-order chi connectivity index (χ0) is 37.1. The van der Waals surface area contributed by atoms with E-state index in [0.29, 0.717) is 61.9 Å². The number of carbonyl (C=O) groups is 2. The van der Waals surface area contributed by atoms with E-state index in [1.54, 1.807) is 29.2 Å². The van der Waals surface area contributed by atoms with Crippen molar-refractivity contribution < 1.29 is 33.0 Å². The molecule has 2 saturated heterocycles. The van der Waals surface area contributed by atoms with Crippen molar-refractivity contribution in [1.82, 2.24) is 24.6 Å². The van der Waals surface area contributed by atoms with E-state index in [2.05, 4.69) is 10.00 Å². The van der Waals surface area contributed by atoms with Crippen LogP contribution in [0.2, 0.25) is 5.02 Å². The first-order chi connectivity index (χ1) is 24.7. The topological polar surface area (TPSA) is 110 Å². The lowest BCUT2D eigenvalue weighted by Crippen LogP contribution is -2.62. The van der Waals surface area contributed by atoms with Crippen LogP contribution in [0, 0.1) is 6.92 Å². The SMILES string of the molecule is COC(=O)N1CC(N2CCC(c3nn(C(F)F)c4ccc(-c5nc6cc(C)c(C(OC(C)(C)C)C(=O)O)c(-c7ccc(Cl)cc7)c6s5)cc34)CC2)C1. The summed E-state index contributed by atoms with van der Waals surface area (Å²) in [6, 6.07) is 14.8. The van der Waals surface area contributed by atoms with Crippen molar-refractivity contribution in [2.75, 3.05) is 33.3 Å². The highest BCUT2D eigenvalue weighted by atomic mass is 35.5. The van der Waals surface area contributed by atoms with Crippen LogP contribution in [0.4, 0.5) is 13.6 Å². The highest BCUT2D eigenvalue weighted by Gasteiger charge is 2.38. The molecule has 1 atom stereocenters. The molecule has 14 heteroatoms. The Labute approximate surface area is 308 Å². The number of nitrogens with zero attached hydrogens (tertiary/aromatic N) is 5. The number of likely N-dealkylation sites (tertiary alicyclic amines) is 2. The number of methoxy groups -OCH3 is 1. The number of aryl methyl sites for hydroxylation is 1. The predicted octanol–water partition coefficient (Wildman–Crippen LogP) is 8.91. The molecule has 1 N–H and O–H groups in total. The molecule has 3 aromatic carbocycles. The van der Waals surface area contributed by atoms with Crippen molar-refractivity contribution in [2.45, 2.75) is 70.8 Å². The molecule has 0 radical (unpaired) electrons. The van der Waals surface area contributed by atoms with Crippen LogP contribution in [0.5, 0.6) is 0 Å². The molecule has 1 amide bonds. The number of carboxylic acids is 1. The highest BCUT2D eigenvalue weighted by Crippen LogP contribution is 2.45. The van der Waals surface area contributed by atoms with Crippen LogP contribution in [0.15, 0.2) is 48.5 Å². The van der Waals surface area contributed by atoms with Gasteiger partial charge in [0.2, 0.25) is 0 Å². The summed E-state index contributed by atoms with van der Waals surface area (Å²) in [5, 5.41) is 16.8. The first-order valence-electron chi connectivity index (χ1n) is 17.2. The molecule has 2 aliphatic rings. The van der Waals surface area contributed by atoms with Gasteiger partial charge in [0.25, 0.3) is 0 Å². The molecule has 0 spiro atoms. The molecule has 0 aliphatic carbocycles. The number of rotatable bonds is 8. The lowest BCUT2D eigenvalue weighted by atomic mass is 9.90. The summed E-state index contributed by atoms with van der Waals surface area (Å²) < 4.78 is 41.2. The third-order valence-corrected chi connectivity index (χ3v) is 11.3. The normalized spacial score (nSPS) is 16.9. The molecule has 5 aromatic rings. The van der Waals surface area contributed by atoms with Crippen LogP contribution < -0.4 is 0 Å². The first kappa shape index (κ1) is 36.2. The Morgan fingerprint density at radius 1 is 1.04 bits per heavy atom. The van der Waals surface area contributed by atoms with Crippen molar-refractivity contribution in [2.24, 2.45) is 0 Å². The van der Waals surface area contributed by atoms with Gasteiger partial charge in [-0.05, 0) is 101 Å². The number of aromatic nitrogens is 3. The van der Waals surface area contributed by atoms with Gasteiger partial charge in [0.05, 0.1) is 34.1 Å². The molecule has 2 fully saturated rings. The van der Waals surface area contributed by atoms with E-state index >= 15 is 0 Å². The number of alkyl halides is 2. The maximum absolute atomic E-state index is 14.3. The minimum Gasteiger partial charge on any atom is -0.479 e. The number of piperidine rings is 1. The van der Waals surface area contributed by atoms with Gasteiger partial charge < -0.3 is 19.5 Å². The molecule has 0 saturated carbocycles. The zero-order valence-electron chi connectivity index (χ0n) is 29.5. The summed E-state index contributed by atoms with van der Waals surface area (Å²) in [6.07, 6.45) is -0.0655. The average molecular weight is 752 g/mol. The molecule has 4 heterocycles. The molecule has 1 unspecified atom stereocenters. The molecule has 2 aromatic heterocycles. The van der Waals surface area contributed by atoms with Gasteiger partial charge in [-0.2, -0.15) is 13.9 Å². The Kier molecular flexibility index (Phi) is 9.74. The number of thiazole rings is 1. The van der Waals surface area contributed by atoms with Gasteiger partial charge in [-0.1, -0.05) is 23.7 Å². The van der Waals surface area contributed by atoms with Gasteiger partial charge in [0, 0.05) is 52.1 Å². The molecular weight excluding hydrogens is 712 g/mol. The van der Waals surface area contributed by atoms with E-state index in [0.717, 1.165) is 46.4 Å². The largest absolute Gasteiger partial charge is 0.479 e. The predicted molar refractivity (Wildman–Crippen MR) is 197 cm³/mol. The van der Waals surface area contributed by atoms with Crippen LogP contribution in [-0.2, 0) is 14.3 Å². The summed E-state index contributed by atoms with van der Waals surface area (Å²) in [5.41, 5.74) is 4.42. The van der Waals surface area contributed by atoms with E-state index in [4.69, 9.17) is 26.1 Å². The lowest BCUT2D eigenvalue weighted by Gasteiger charge is -2.46. The lowest BCUT2D eigenvalue weighted by molar-refractivity contribution is -0.160. The standard InChI is InChI=1S/C38H40ClF2N5O5S/c1-20-16-27-33(30(21-6-9-24(39)10-7-21)29(20)32(35(47)48)51-38(2,3)4)52-34(42-27)23-8-11-28-26(17-23)31(43-46(28)36(40)41)22-12-14-44(15-13-22)25-18-45(19-25)37(49)50-5/h6-11,16-17,22,25,32,36H,12-15,18-19H2,1-5H3,(H,47,48). The van der Waals surface area contributed by atoms with Crippen LogP contribution >= 0.6 is 22.9 Å². The molecule has 274 valence electrons. The quantitative estimate of drug-likeness (QED) is 0.167. The monoisotopic (exact) mass is 751 g/mol. The second-order valence-corrected chi connectivity index (χ2v) is 15.9. The Morgan fingerprint density at radius 2 is 1.71 bits per heavy atom. The number of halogens is 3. The van der Waals surface area contributed by atoms with Gasteiger partial charge in [-0.15, -0.1) is 11.3 Å². The Bertz CT molecular complexity index is 2150. The first-order valence-corrected chi connectivity index (χ1v) is 18.4. The number of ether oxygens (including phenoxy) is 2. The number of amides is 1. The minimum atomic E-state index is -2.80. The highest BCUT2D eigenvalue weighted by molar-refractivity contribution is 7.22. The van der Waals surface area contributed by atoms with Gasteiger partial charge in [0.1, 0.15) is 5.01 Å². The number of benzene rings is 3. The van der Waals surface area contributed by atoms with E-state index in [9.17, 15) is 23.5 Å². The molecule has 52 heavy (non-hydrogen) atoms. The maximum atomic E-state index is 14.3. The van der Waals surface area contributed by atoms with Gasteiger partial charge in [0.15, 0.2) is 6.10 Å². The maximum Gasteiger partial charge on any atom is 0.409 e. The number of carboxylic acid groups (broad SMARTS) is 1. The summed E-state index contributed by atoms with van der Waals surface area (Å²) >= 11 is 7.67. The molecule has 0 bridgehead atoms. The van der Waals surface area contributed by atoms with Gasteiger partial charge in [-0.25, -0.2) is 19.3 Å². The summed E-state index contributed by atoms with van der Waals surface area (Å²) in [7, 11) is 1.38. The Balaban J connectivity index is 1.28. The van der Waals surface area contributed by atoms with Crippen molar-refractivity contribution in [3.8, 4) is 21.7 Å². The van der Waals surface area contributed by atoms with Gasteiger partial charge >= 0.3 is 18.6 Å². The molecule has 10 nitrogen and oxygen atoms in total. The third kappa shape index (κ3) is 6.87. The molecule has 7 rings (SSSR count). The minimum absolute atomic E-state index is 0.0152. The fourth-order valence-corrected chi connectivity index (χ4v) is 8.66. The van der Waals surface area contributed by atoms with E-state index in [1.807, 2.05) is 52.0 Å². The zero-order valence-corrected chi connectivity index (χ0v) is 31.1. The fourth-order valence-electron chi connectivity index (χ4n) is 7.41. The van der Waals surface area contributed by atoms with E-state index in [-0.39, 0.29) is 18.1 Å². The van der Waals surface area contributed by atoms with Crippen molar-refractivity contribution >= 4 is 56.1 Å². The van der Waals surface area contributed by atoms with E-state index < -0.39 is 24.2 Å². The summed E-state index contributed by atoms with van der Waals surface area (Å²) in [4.78, 5) is 33.6. The second-order valence-electron chi connectivity index (χ2n) is 14.5. The van der Waals surface area contributed by atoms with Crippen LogP contribution in [-0.4, -0.2) is 86.7 Å². The van der Waals surface area contributed by atoms with Crippen LogP contribution in [0.1, 0.15) is 69.0 Å². The van der Waals surface area contributed by atoms with Crippen LogP contribution in [0.25, 0.3) is 42.8 Å². The number of carbonyl (C=O) groups excluding carboxylic acids is 1. The van der Waals surface area contributed by atoms with E-state index in [1.165, 1.54) is 18.4 Å². The van der Waals surface area contributed by atoms with Crippen molar-refractivity contribution in [1.29, 1.82) is 0 Å². The fraction of sp³-hybridized carbons (Fsp3) is 0.421. The number of hydrogen-bond acceptors (Lipinski definition) is 8. The average Bonchev–Trinajstić information content (AvgIpc) is 3.68. The number of hydrogen-bond donors (Lipinski definition) is 1.